The number of carboxylic acids is 1. The molecule has 0 aliphatic rings. The fourth-order valence-electron chi connectivity index (χ4n) is 1.01. The predicted molar refractivity (Wildman–Crippen MR) is 56.9 cm³/mol. The number of ether oxygens (including phenoxy) is 1. The lowest BCUT2D eigenvalue weighted by atomic mass is 10.2. The molecule has 82 valence electrons. The fourth-order valence-corrected chi connectivity index (χ4v) is 1.01. The number of carboxylic acid groups (broad SMARTS) is 1. The van der Waals surface area contributed by atoms with E-state index >= 15 is 0 Å². The van der Waals surface area contributed by atoms with Gasteiger partial charge in [-0.25, -0.2) is 4.79 Å². The lowest BCUT2D eigenvalue weighted by Gasteiger charge is -2.24. The number of nitrogens with two attached hydrogens (primary N) is 1. The van der Waals surface area contributed by atoms with Crippen molar-refractivity contribution in [2.45, 2.75) is 26.0 Å². The van der Waals surface area contributed by atoms with Gasteiger partial charge in [0.1, 0.15) is 5.75 Å². The Morgan fingerprint density at radius 3 is 2.40 bits per heavy atom. The summed E-state index contributed by atoms with van der Waals surface area (Å²) in [5.74, 6) is -0.376. The van der Waals surface area contributed by atoms with Gasteiger partial charge < -0.3 is 9.84 Å². The number of carbonyl (C=O) groups is 1. The Balaban J connectivity index is 2.77. The van der Waals surface area contributed by atoms with E-state index in [2.05, 4.69) is 0 Å². The molecule has 0 saturated heterocycles. The molecular formula is C11H15NO3. The van der Waals surface area contributed by atoms with Gasteiger partial charge in [-0.05, 0) is 37.6 Å². The van der Waals surface area contributed by atoms with Crippen molar-refractivity contribution in [1.82, 2.24) is 0 Å². The number of rotatable bonds is 4. The minimum absolute atomic E-state index is 0.234. The van der Waals surface area contributed by atoms with Gasteiger partial charge in [0.05, 0.1) is 5.56 Å². The van der Waals surface area contributed by atoms with Gasteiger partial charge in [0, 0.05) is 0 Å². The zero-order valence-corrected chi connectivity index (χ0v) is 8.86. The summed E-state index contributed by atoms with van der Waals surface area (Å²) in [7, 11) is 0. The van der Waals surface area contributed by atoms with Gasteiger partial charge in [0.15, 0.2) is 5.72 Å². The monoisotopic (exact) mass is 209 g/mol. The number of aromatic carboxylic acids is 1. The van der Waals surface area contributed by atoms with Crippen LogP contribution in [0, 0.1) is 0 Å². The zero-order valence-electron chi connectivity index (χ0n) is 8.86. The van der Waals surface area contributed by atoms with E-state index in [-0.39, 0.29) is 5.56 Å². The van der Waals surface area contributed by atoms with Gasteiger partial charge in [-0.2, -0.15) is 0 Å². The summed E-state index contributed by atoms with van der Waals surface area (Å²) >= 11 is 0. The van der Waals surface area contributed by atoms with E-state index in [9.17, 15) is 4.79 Å². The van der Waals surface area contributed by atoms with Gasteiger partial charge in [0.2, 0.25) is 0 Å². The van der Waals surface area contributed by atoms with Crippen LogP contribution >= 0.6 is 0 Å². The van der Waals surface area contributed by atoms with E-state index in [0.29, 0.717) is 12.2 Å². The highest BCUT2D eigenvalue weighted by Gasteiger charge is 2.17. The van der Waals surface area contributed by atoms with Crippen molar-refractivity contribution in [3.05, 3.63) is 29.8 Å². The second-order valence-corrected chi connectivity index (χ2v) is 3.60. The highest BCUT2D eigenvalue weighted by atomic mass is 16.5. The van der Waals surface area contributed by atoms with Crippen molar-refractivity contribution in [1.29, 1.82) is 0 Å². The summed E-state index contributed by atoms with van der Waals surface area (Å²) in [5, 5.41) is 8.69. The zero-order chi connectivity index (χ0) is 11.5. The van der Waals surface area contributed by atoms with Crippen LogP contribution in [0.5, 0.6) is 5.75 Å². The molecule has 1 unspecified atom stereocenters. The van der Waals surface area contributed by atoms with E-state index < -0.39 is 11.7 Å². The van der Waals surface area contributed by atoms with Crippen LogP contribution in [-0.4, -0.2) is 16.8 Å². The number of hydrogen-bond donors (Lipinski definition) is 2. The van der Waals surface area contributed by atoms with Crippen molar-refractivity contribution in [2.24, 2.45) is 5.73 Å². The van der Waals surface area contributed by atoms with E-state index in [0.717, 1.165) is 0 Å². The molecule has 0 bridgehead atoms. The van der Waals surface area contributed by atoms with Crippen molar-refractivity contribution >= 4 is 5.97 Å². The third-order valence-corrected chi connectivity index (χ3v) is 2.15. The molecule has 1 rings (SSSR count). The number of benzene rings is 1. The minimum Gasteiger partial charge on any atom is -0.478 e. The maximum absolute atomic E-state index is 10.6. The lowest BCUT2D eigenvalue weighted by molar-refractivity contribution is 0.0696. The Bertz CT molecular complexity index is 343. The topological polar surface area (TPSA) is 72.5 Å². The van der Waals surface area contributed by atoms with E-state index in [4.69, 9.17) is 15.6 Å². The molecule has 0 amide bonds. The Hall–Kier alpha value is -1.55. The number of hydrogen-bond acceptors (Lipinski definition) is 3. The molecule has 1 aromatic carbocycles. The minimum atomic E-state index is -0.951. The molecule has 0 radical (unpaired) electrons. The van der Waals surface area contributed by atoms with Crippen LogP contribution in [0.1, 0.15) is 30.6 Å². The first-order valence-corrected chi connectivity index (χ1v) is 4.76. The molecular weight excluding hydrogens is 194 g/mol. The molecule has 0 aliphatic heterocycles. The summed E-state index contributed by atoms with van der Waals surface area (Å²) in [4.78, 5) is 10.6. The largest absolute Gasteiger partial charge is 0.478 e. The van der Waals surface area contributed by atoms with E-state index in [1.165, 1.54) is 12.1 Å². The quantitative estimate of drug-likeness (QED) is 0.742. The maximum atomic E-state index is 10.6. The van der Waals surface area contributed by atoms with Crippen molar-refractivity contribution in [3.63, 3.8) is 0 Å². The van der Waals surface area contributed by atoms with Crippen molar-refractivity contribution < 1.29 is 14.6 Å². The van der Waals surface area contributed by atoms with Crippen LogP contribution in [-0.2, 0) is 0 Å². The van der Waals surface area contributed by atoms with Crippen LogP contribution in [0.4, 0.5) is 0 Å². The first kappa shape index (κ1) is 11.5. The molecule has 4 nitrogen and oxygen atoms in total. The standard InChI is InChI=1S/C11H15NO3/c1-3-11(2,12)15-9-6-4-8(5-7-9)10(13)14/h4-7H,3,12H2,1-2H3,(H,13,14). The summed E-state index contributed by atoms with van der Waals surface area (Å²) in [6.07, 6.45) is 0.674. The first-order chi connectivity index (χ1) is 6.94. The Morgan fingerprint density at radius 1 is 1.47 bits per heavy atom. The summed E-state index contributed by atoms with van der Waals surface area (Å²) in [6, 6.07) is 6.18. The summed E-state index contributed by atoms with van der Waals surface area (Å²) in [6.45, 7) is 3.70. The van der Waals surface area contributed by atoms with Gasteiger partial charge in [0.25, 0.3) is 0 Å². The molecule has 4 heteroatoms. The van der Waals surface area contributed by atoms with Crippen LogP contribution < -0.4 is 10.5 Å². The summed E-state index contributed by atoms with van der Waals surface area (Å²) in [5.41, 5.74) is 5.32. The average molecular weight is 209 g/mol. The molecule has 1 atom stereocenters. The molecule has 0 heterocycles. The third kappa shape index (κ3) is 3.25. The smallest absolute Gasteiger partial charge is 0.335 e. The highest BCUT2D eigenvalue weighted by Crippen LogP contribution is 2.17. The average Bonchev–Trinajstić information content (AvgIpc) is 2.18. The van der Waals surface area contributed by atoms with Crippen LogP contribution in [0.15, 0.2) is 24.3 Å². The van der Waals surface area contributed by atoms with Crippen molar-refractivity contribution in [3.8, 4) is 5.75 Å². The molecule has 0 aliphatic carbocycles. The Labute approximate surface area is 88.7 Å². The van der Waals surface area contributed by atoms with Gasteiger partial charge >= 0.3 is 5.97 Å². The lowest BCUT2D eigenvalue weighted by Crippen LogP contribution is -2.41. The predicted octanol–water partition coefficient (Wildman–Crippen LogP) is 1.85. The molecule has 0 saturated carbocycles. The maximum Gasteiger partial charge on any atom is 0.335 e. The molecule has 0 spiro atoms. The van der Waals surface area contributed by atoms with Crippen LogP contribution in [0.3, 0.4) is 0 Å². The molecule has 15 heavy (non-hydrogen) atoms. The van der Waals surface area contributed by atoms with Gasteiger partial charge in [-0.1, -0.05) is 6.92 Å². The normalized spacial score (nSPS) is 14.3. The van der Waals surface area contributed by atoms with Crippen LogP contribution in [0.2, 0.25) is 0 Å². The SMILES string of the molecule is CCC(C)(N)Oc1ccc(C(=O)O)cc1. The van der Waals surface area contributed by atoms with E-state index in [1.807, 2.05) is 6.92 Å². The Morgan fingerprint density at radius 2 is 2.00 bits per heavy atom. The summed E-state index contributed by atoms with van der Waals surface area (Å²) < 4.78 is 5.47. The van der Waals surface area contributed by atoms with E-state index in [1.54, 1.807) is 19.1 Å². The molecule has 0 aromatic heterocycles. The molecule has 0 fully saturated rings. The second kappa shape index (κ2) is 4.31. The fraction of sp³-hybridized carbons (Fsp3) is 0.364. The molecule has 1 aromatic rings. The Kier molecular flexibility index (Phi) is 3.31. The van der Waals surface area contributed by atoms with Crippen molar-refractivity contribution in [2.75, 3.05) is 0 Å². The van der Waals surface area contributed by atoms with Gasteiger partial charge in [-0.3, -0.25) is 5.73 Å². The van der Waals surface area contributed by atoms with Crippen LogP contribution in [0.25, 0.3) is 0 Å². The van der Waals surface area contributed by atoms with Gasteiger partial charge in [-0.15, -0.1) is 0 Å². The third-order valence-electron chi connectivity index (χ3n) is 2.15. The highest BCUT2D eigenvalue weighted by molar-refractivity contribution is 5.87. The first-order valence-electron chi connectivity index (χ1n) is 4.76. The second-order valence-electron chi connectivity index (χ2n) is 3.60. The molecule has 3 N–H and O–H groups in total.